The Kier molecular flexibility index (Phi) is 6.73. The molecule has 0 atom stereocenters. The van der Waals surface area contributed by atoms with Gasteiger partial charge in [0.1, 0.15) is 30.3 Å². The minimum absolute atomic E-state index is 0.138. The Morgan fingerprint density at radius 2 is 1.50 bits per heavy atom. The minimum atomic E-state index is -0.775. The van der Waals surface area contributed by atoms with Crippen molar-refractivity contribution in [2.24, 2.45) is 0 Å². The fourth-order valence-corrected chi connectivity index (χ4v) is 3.47. The van der Waals surface area contributed by atoms with E-state index < -0.39 is 17.8 Å². The van der Waals surface area contributed by atoms with Crippen molar-refractivity contribution in [1.82, 2.24) is 5.32 Å². The molecule has 0 unspecified atom stereocenters. The molecule has 0 saturated carbocycles. The largest absolute Gasteiger partial charge is 0.490 e. The minimum Gasteiger partial charge on any atom is -0.490 e. The van der Waals surface area contributed by atoms with E-state index in [0.29, 0.717) is 30.2 Å². The van der Waals surface area contributed by atoms with Crippen LogP contribution >= 0.6 is 0 Å². The van der Waals surface area contributed by atoms with Crippen LogP contribution in [0.2, 0.25) is 0 Å². The van der Waals surface area contributed by atoms with Crippen molar-refractivity contribution >= 4 is 29.6 Å². The van der Waals surface area contributed by atoms with Crippen molar-refractivity contribution in [1.29, 1.82) is 0 Å². The molecule has 0 radical (unpaired) electrons. The first-order chi connectivity index (χ1) is 16.4. The number of imide groups is 2. The van der Waals surface area contributed by atoms with Crippen molar-refractivity contribution in [2.75, 3.05) is 18.1 Å². The molecule has 0 aliphatic carbocycles. The van der Waals surface area contributed by atoms with E-state index in [1.54, 1.807) is 42.5 Å². The third kappa shape index (κ3) is 5.32. The van der Waals surface area contributed by atoms with E-state index in [2.05, 4.69) is 5.32 Å². The van der Waals surface area contributed by atoms with Gasteiger partial charge in [-0.3, -0.25) is 14.9 Å². The van der Waals surface area contributed by atoms with Gasteiger partial charge in [0.2, 0.25) is 0 Å². The number of anilines is 1. The van der Waals surface area contributed by atoms with Crippen LogP contribution in [-0.2, 0) is 9.59 Å². The molecule has 0 bridgehead atoms. The Morgan fingerprint density at radius 3 is 2.24 bits per heavy atom. The number of benzene rings is 3. The smallest absolute Gasteiger partial charge is 0.335 e. The number of aryl methyl sites for hydroxylation is 2. The monoisotopic (exact) mass is 456 g/mol. The van der Waals surface area contributed by atoms with Gasteiger partial charge in [-0.25, -0.2) is 9.69 Å². The molecular weight excluding hydrogens is 432 g/mol. The van der Waals surface area contributed by atoms with Gasteiger partial charge in [0.05, 0.1) is 5.69 Å². The normalized spacial score (nSPS) is 14.8. The van der Waals surface area contributed by atoms with E-state index in [9.17, 15) is 14.4 Å². The van der Waals surface area contributed by atoms with Crippen LogP contribution in [0.3, 0.4) is 0 Å². The van der Waals surface area contributed by atoms with Gasteiger partial charge in [0.15, 0.2) is 0 Å². The van der Waals surface area contributed by atoms with Gasteiger partial charge < -0.3 is 9.47 Å². The summed E-state index contributed by atoms with van der Waals surface area (Å²) in [6, 6.07) is 20.9. The Labute approximate surface area is 197 Å². The first kappa shape index (κ1) is 22.8. The van der Waals surface area contributed by atoms with Crippen LogP contribution in [-0.4, -0.2) is 31.1 Å². The molecule has 7 heteroatoms. The molecule has 172 valence electrons. The van der Waals surface area contributed by atoms with Crippen molar-refractivity contribution < 1.29 is 23.9 Å². The number of urea groups is 1. The molecule has 34 heavy (non-hydrogen) atoms. The lowest BCUT2D eigenvalue weighted by molar-refractivity contribution is -0.122. The summed E-state index contributed by atoms with van der Waals surface area (Å²) in [5, 5.41) is 2.23. The molecule has 1 aliphatic heterocycles. The summed E-state index contributed by atoms with van der Waals surface area (Å²) >= 11 is 0. The quantitative estimate of drug-likeness (QED) is 0.323. The van der Waals surface area contributed by atoms with Gasteiger partial charge in [-0.1, -0.05) is 42.0 Å². The second-order valence-electron chi connectivity index (χ2n) is 7.88. The summed E-state index contributed by atoms with van der Waals surface area (Å²) in [7, 11) is 0. The lowest BCUT2D eigenvalue weighted by atomic mass is 10.1. The molecule has 3 aromatic rings. The second kappa shape index (κ2) is 10.0. The maximum absolute atomic E-state index is 13.0. The number of barbiturate groups is 1. The molecular formula is C27H24N2O5. The molecule has 1 saturated heterocycles. The maximum atomic E-state index is 13.0. The van der Waals surface area contributed by atoms with Crippen LogP contribution in [0.5, 0.6) is 11.5 Å². The third-order valence-corrected chi connectivity index (χ3v) is 5.17. The molecule has 7 nitrogen and oxygen atoms in total. The van der Waals surface area contributed by atoms with Crippen molar-refractivity contribution in [2.45, 2.75) is 13.8 Å². The number of hydrogen-bond acceptors (Lipinski definition) is 5. The van der Waals surface area contributed by atoms with E-state index in [0.717, 1.165) is 21.8 Å². The number of nitrogens with zero attached hydrogens (tertiary/aromatic N) is 1. The summed E-state index contributed by atoms with van der Waals surface area (Å²) in [5.41, 5.74) is 2.89. The highest BCUT2D eigenvalue weighted by molar-refractivity contribution is 6.39. The number of carbonyl (C=O) groups is 3. The summed E-state index contributed by atoms with van der Waals surface area (Å²) in [6.45, 7) is 4.55. The first-order valence-corrected chi connectivity index (χ1v) is 10.8. The summed E-state index contributed by atoms with van der Waals surface area (Å²) in [4.78, 5) is 38.8. The van der Waals surface area contributed by atoms with Gasteiger partial charge in [0.25, 0.3) is 11.8 Å². The van der Waals surface area contributed by atoms with Crippen LogP contribution in [0.25, 0.3) is 6.08 Å². The Morgan fingerprint density at radius 1 is 0.794 bits per heavy atom. The number of carbonyl (C=O) groups excluding carboxylic acids is 3. The maximum Gasteiger partial charge on any atom is 0.335 e. The lowest BCUT2D eigenvalue weighted by Crippen LogP contribution is -2.54. The fourth-order valence-electron chi connectivity index (χ4n) is 3.47. The third-order valence-electron chi connectivity index (χ3n) is 5.17. The van der Waals surface area contributed by atoms with Gasteiger partial charge in [-0.2, -0.15) is 0 Å². The number of rotatable bonds is 7. The zero-order valence-electron chi connectivity index (χ0n) is 18.9. The Bertz CT molecular complexity index is 1260. The highest BCUT2D eigenvalue weighted by Gasteiger charge is 2.36. The first-order valence-electron chi connectivity index (χ1n) is 10.8. The fraction of sp³-hybridized carbons (Fsp3) is 0.148. The number of nitrogens with one attached hydrogen (secondary N) is 1. The molecule has 1 aliphatic rings. The topological polar surface area (TPSA) is 84.9 Å². The zero-order valence-corrected chi connectivity index (χ0v) is 18.9. The van der Waals surface area contributed by atoms with E-state index in [-0.39, 0.29) is 5.57 Å². The standard InChI is InChI=1S/C27H24N2O5/c1-18-9-11-22(12-10-18)33-13-14-34-23-8-4-6-20(16-23)17-24-25(30)28-27(32)29(26(24)31)21-7-3-5-19(2)15-21/h3-12,15-17H,13-14H2,1-2H3,(H,28,30,32)/b24-17+. The molecule has 3 aromatic carbocycles. The molecule has 4 amide bonds. The van der Waals surface area contributed by atoms with Gasteiger partial charge in [-0.15, -0.1) is 0 Å². The molecule has 1 N–H and O–H groups in total. The van der Waals surface area contributed by atoms with Crippen LogP contribution < -0.4 is 19.7 Å². The van der Waals surface area contributed by atoms with Crippen molar-refractivity contribution in [3.63, 3.8) is 0 Å². The average molecular weight is 456 g/mol. The summed E-state index contributed by atoms with van der Waals surface area (Å²) in [5.74, 6) is -0.0896. The molecule has 1 fully saturated rings. The van der Waals surface area contributed by atoms with Crippen molar-refractivity contribution in [3.05, 3.63) is 95.1 Å². The van der Waals surface area contributed by atoms with Gasteiger partial charge in [0, 0.05) is 0 Å². The Balaban J connectivity index is 1.45. The van der Waals surface area contributed by atoms with Crippen molar-refractivity contribution in [3.8, 4) is 11.5 Å². The summed E-state index contributed by atoms with van der Waals surface area (Å²) < 4.78 is 11.4. The molecule has 4 rings (SSSR count). The number of hydrogen-bond donors (Lipinski definition) is 1. The lowest BCUT2D eigenvalue weighted by Gasteiger charge is -2.26. The molecule has 0 spiro atoms. The van der Waals surface area contributed by atoms with E-state index in [4.69, 9.17) is 9.47 Å². The zero-order chi connectivity index (χ0) is 24.1. The Hall–Kier alpha value is -4.39. The van der Waals surface area contributed by atoms with Crippen LogP contribution in [0.4, 0.5) is 10.5 Å². The SMILES string of the molecule is Cc1ccc(OCCOc2cccc(/C=C3\C(=O)NC(=O)N(c4cccc(C)c4)C3=O)c2)cc1. The van der Waals surface area contributed by atoms with Crippen LogP contribution in [0.1, 0.15) is 16.7 Å². The van der Waals surface area contributed by atoms with Crippen LogP contribution in [0, 0.1) is 13.8 Å². The predicted octanol–water partition coefficient (Wildman–Crippen LogP) is 4.43. The predicted molar refractivity (Wildman–Crippen MR) is 129 cm³/mol. The number of amides is 4. The summed E-state index contributed by atoms with van der Waals surface area (Å²) in [6.07, 6.45) is 1.45. The van der Waals surface area contributed by atoms with Crippen LogP contribution in [0.15, 0.2) is 78.4 Å². The highest BCUT2D eigenvalue weighted by Crippen LogP contribution is 2.24. The number of ether oxygens (including phenoxy) is 2. The van der Waals surface area contributed by atoms with E-state index >= 15 is 0 Å². The van der Waals surface area contributed by atoms with Gasteiger partial charge in [-0.05, 0) is 67.4 Å². The van der Waals surface area contributed by atoms with E-state index in [1.165, 1.54) is 6.08 Å². The average Bonchev–Trinajstić information content (AvgIpc) is 2.81. The molecule has 0 aromatic heterocycles. The highest BCUT2D eigenvalue weighted by atomic mass is 16.5. The van der Waals surface area contributed by atoms with Gasteiger partial charge >= 0.3 is 6.03 Å². The molecule has 1 heterocycles. The second-order valence-corrected chi connectivity index (χ2v) is 7.88. The van der Waals surface area contributed by atoms with E-state index in [1.807, 2.05) is 44.2 Å².